The molecule has 0 saturated carbocycles. The predicted octanol–water partition coefficient (Wildman–Crippen LogP) is 6.08. The van der Waals surface area contributed by atoms with E-state index in [0.29, 0.717) is 21.5 Å². The summed E-state index contributed by atoms with van der Waals surface area (Å²) in [6.45, 7) is 1.84. The van der Waals surface area contributed by atoms with Crippen molar-refractivity contribution in [1.29, 1.82) is 0 Å². The zero-order valence-electron chi connectivity index (χ0n) is 17.0. The van der Waals surface area contributed by atoms with Gasteiger partial charge in [0.1, 0.15) is 16.5 Å². The third-order valence-corrected chi connectivity index (χ3v) is 6.17. The maximum atomic E-state index is 12.8. The lowest BCUT2D eigenvalue weighted by atomic mass is 10.1. The van der Waals surface area contributed by atoms with E-state index < -0.39 is 0 Å². The van der Waals surface area contributed by atoms with Crippen molar-refractivity contribution in [2.24, 2.45) is 0 Å². The summed E-state index contributed by atoms with van der Waals surface area (Å²) in [5.41, 5.74) is 2.44. The second-order valence-electron chi connectivity index (χ2n) is 6.86. The van der Waals surface area contributed by atoms with E-state index in [1.807, 2.05) is 61.5 Å². The second-order valence-corrected chi connectivity index (χ2v) is 8.60. The highest BCUT2D eigenvalue weighted by Crippen LogP contribution is 2.34. The second kappa shape index (κ2) is 9.37. The van der Waals surface area contributed by atoms with Gasteiger partial charge in [0.25, 0.3) is 0 Å². The average Bonchev–Trinajstić information content (AvgIpc) is 2.80. The maximum Gasteiger partial charge on any atom is 0.237 e. The summed E-state index contributed by atoms with van der Waals surface area (Å²) in [6.07, 6.45) is 0. The molecule has 5 nitrogen and oxygen atoms in total. The summed E-state index contributed by atoms with van der Waals surface area (Å²) in [5.74, 6) is 0.409. The zero-order valence-corrected chi connectivity index (χ0v) is 18.6. The number of thioether (sulfide) groups is 1. The molecule has 0 bridgehead atoms. The van der Waals surface area contributed by atoms with Crippen molar-refractivity contribution in [1.82, 2.24) is 10.2 Å². The van der Waals surface area contributed by atoms with Crippen LogP contribution in [-0.2, 0) is 4.79 Å². The van der Waals surface area contributed by atoms with Crippen LogP contribution in [0.2, 0.25) is 5.02 Å². The molecule has 0 spiro atoms. The fourth-order valence-electron chi connectivity index (χ4n) is 3.18. The fourth-order valence-corrected chi connectivity index (χ4v) is 4.34. The van der Waals surface area contributed by atoms with Gasteiger partial charge in [-0.15, -0.1) is 10.2 Å². The molecule has 0 aliphatic carbocycles. The normalized spacial score (nSPS) is 11.8. The summed E-state index contributed by atoms with van der Waals surface area (Å²) < 4.78 is 5.15. The van der Waals surface area contributed by atoms with Crippen molar-refractivity contribution in [3.8, 4) is 17.0 Å². The molecule has 1 amide bonds. The van der Waals surface area contributed by atoms with Crippen LogP contribution in [-0.4, -0.2) is 28.5 Å². The number of halogens is 1. The van der Waals surface area contributed by atoms with Crippen LogP contribution < -0.4 is 10.1 Å². The summed E-state index contributed by atoms with van der Waals surface area (Å²) in [6, 6.07) is 23.1. The first-order chi connectivity index (χ1) is 15.1. The molecule has 1 atom stereocenters. The molecule has 0 saturated heterocycles. The smallest absolute Gasteiger partial charge is 0.237 e. The van der Waals surface area contributed by atoms with Gasteiger partial charge in [0.15, 0.2) is 0 Å². The summed E-state index contributed by atoms with van der Waals surface area (Å²) in [4.78, 5) is 12.8. The Bertz CT molecular complexity index is 1230. The van der Waals surface area contributed by atoms with Crippen molar-refractivity contribution >= 4 is 45.7 Å². The minimum absolute atomic E-state index is 0.149. The molecule has 1 heterocycles. The van der Waals surface area contributed by atoms with Gasteiger partial charge in [-0.1, -0.05) is 78.0 Å². The Labute approximate surface area is 189 Å². The SMILES string of the molecule is COc1ccc(NC(=O)C(C)Sc2nnc(-c3ccccc3)c3ccccc23)cc1Cl. The van der Waals surface area contributed by atoms with E-state index in [9.17, 15) is 4.79 Å². The third kappa shape index (κ3) is 4.65. The molecular weight excluding hydrogens is 430 g/mol. The van der Waals surface area contributed by atoms with Crippen LogP contribution in [0.15, 0.2) is 77.8 Å². The van der Waals surface area contributed by atoms with Crippen LogP contribution in [0.25, 0.3) is 22.0 Å². The topological polar surface area (TPSA) is 64.1 Å². The quantitative estimate of drug-likeness (QED) is 0.361. The number of anilines is 1. The Kier molecular flexibility index (Phi) is 6.39. The van der Waals surface area contributed by atoms with Gasteiger partial charge in [-0.2, -0.15) is 0 Å². The number of carbonyl (C=O) groups excluding carboxylic acids is 1. The minimum Gasteiger partial charge on any atom is -0.495 e. The molecule has 0 aliphatic rings. The summed E-state index contributed by atoms with van der Waals surface area (Å²) in [7, 11) is 1.55. The Morgan fingerprint density at radius 1 is 1.00 bits per heavy atom. The number of ether oxygens (including phenoxy) is 1. The molecule has 1 aromatic heterocycles. The van der Waals surface area contributed by atoms with Crippen LogP contribution in [0.3, 0.4) is 0 Å². The number of benzene rings is 3. The fraction of sp³-hybridized carbons (Fsp3) is 0.125. The summed E-state index contributed by atoms with van der Waals surface area (Å²) in [5, 5.41) is 14.5. The first-order valence-electron chi connectivity index (χ1n) is 9.68. The Hall–Kier alpha value is -3.09. The molecule has 7 heteroatoms. The minimum atomic E-state index is -0.388. The number of hydrogen-bond donors (Lipinski definition) is 1. The van der Waals surface area contributed by atoms with Gasteiger partial charge in [-0.05, 0) is 25.1 Å². The number of hydrogen-bond acceptors (Lipinski definition) is 5. The van der Waals surface area contributed by atoms with Crippen molar-refractivity contribution in [3.05, 3.63) is 77.8 Å². The predicted molar refractivity (Wildman–Crippen MR) is 127 cm³/mol. The molecule has 0 fully saturated rings. The van der Waals surface area contributed by atoms with E-state index in [1.165, 1.54) is 11.8 Å². The number of nitrogens with zero attached hydrogens (tertiary/aromatic N) is 2. The number of aromatic nitrogens is 2. The zero-order chi connectivity index (χ0) is 21.8. The van der Waals surface area contributed by atoms with Gasteiger partial charge >= 0.3 is 0 Å². The molecule has 0 aliphatic heterocycles. The van der Waals surface area contributed by atoms with E-state index >= 15 is 0 Å². The lowest BCUT2D eigenvalue weighted by Gasteiger charge is -2.14. The van der Waals surface area contributed by atoms with Crippen LogP contribution in [0, 0.1) is 0 Å². The van der Waals surface area contributed by atoms with Gasteiger partial charge in [0.05, 0.1) is 17.4 Å². The molecular formula is C24H20ClN3O2S. The highest BCUT2D eigenvalue weighted by molar-refractivity contribution is 8.00. The molecule has 1 N–H and O–H groups in total. The molecule has 156 valence electrons. The molecule has 3 aromatic carbocycles. The van der Waals surface area contributed by atoms with E-state index in [-0.39, 0.29) is 11.2 Å². The standard InChI is InChI=1S/C24H20ClN3O2S/c1-15(23(29)26-17-12-13-21(30-2)20(25)14-17)31-24-19-11-7-6-10-18(19)22(27-28-24)16-8-4-3-5-9-16/h3-15H,1-2H3,(H,26,29). The highest BCUT2D eigenvalue weighted by atomic mass is 35.5. The number of carbonyl (C=O) groups is 1. The maximum absolute atomic E-state index is 12.8. The molecule has 4 aromatic rings. The Morgan fingerprint density at radius 3 is 2.42 bits per heavy atom. The van der Waals surface area contributed by atoms with Gasteiger partial charge in [-0.25, -0.2) is 0 Å². The largest absolute Gasteiger partial charge is 0.495 e. The molecule has 4 rings (SSSR count). The molecule has 0 radical (unpaired) electrons. The van der Waals surface area contributed by atoms with E-state index in [4.69, 9.17) is 16.3 Å². The van der Waals surface area contributed by atoms with E-state index in [2.05, 4.69) is 15.5 Å². The first-order valence-corrected chi connectivity index (χ1v) is 10.9. The number of fused-ring (bicyclic) bond motifs is 1. The van der Waals surface area contributed by atoms with Gasteiger partial charge in [0, 0.05) is 22.0 Å². The lowest BCUT2D eigenvalue weighted by Crippen LogP contribution is -2.22. The lowest BCUT2D eigenvalue weighted by molar-refractivity contribution is -0.115. The van der Waals surface area contributed by atoms with E-state index in [1.54, 1.807) is 25.3 Å². The van der Waals surface area contributed by atoms with Gasteiger partial charge in [-0.3, -0.25) is 4.79 Å². The van der Waals surface area contributed by atoms with Crippen molar-refractivity contribution < 1.29 is 9.53 Å². The number of rotatable bonds is 6. The van der Waals surface area contributed by atoms with Crippen molar-refractivity contribution in [3.63, 3.8) is 0 Å². The summed E-state index contributed by atoms with van der Waals surface area (Å²) >= 11 is 7.53. The number of methoxy groups -OCH3 is 1. The Morgan fingerprint density at radius 2 is 1.71 bits per heavy atom. The van der Waals surface area contributed by atoms with Crippen molar-refractivity contribution in [2.45, 2.75) is 17.2 Å². The van der Waals surface area contributed by atoms with Crippen LogP contribution in [0.4, 0.5) is 5.69 Å². The van der Waals surface area contributed by atoms with E-state index in [0.717, 1.165) is 22.0 Å². The third-order valence-electron chi connectivity index (χ3n) is 4.78. The van der Waals surface area contributed by atoms with Crippen LogP contribution >= 0.6 is 23.4 Å². The van der Waals surface area contributed by atoms with Crippen LogP contribution in [0.5, 0.6) is 5.75 Å². The van der Waals surface area contributed by atoms with Crippen molar-refractivity contribution in [2.75, 3.05) is 12.4 Å². The monoisotopic (exact) mass is 449 g/mol. The van der Waals surface area contributed by atoms with Gasteiger partial charge in [0.2, 0.25) is 5.91 Å². The van der Waals surface area contributed by atoms with Gasteiger partial charge < -0.3 is 10.1 Å². The number of amides is 1. The molecule has 31 heavy (non-hydrogen) atoms. The molecule has 1 unspecified atom stereocenters. The Balaban J connectivity index is 1.57. The van der Waals surface area contributed by atoms with Crippen LogP contribution in [0.1, 0.15) is 6.92 Å². The number of nitrogens with one attached hydrogen (secondary N) is 1. The highest BCUT2D eigenvalue weighted by Gasteiger charge is 2.19. The average molecular weight is 450 g/mol. The first kappa shape index (κ1) is 21.2.